The lowest BCUT2D eigenvalue weighted by atomic mass is 10.1. The third-order valence-corrected chi connectivity index (χ3v) is 5.28. The summed E-state index contributed by atoms with van der Waals surface area (Å²) in [6.07, 6.45) is 2.04. The zero-order valence-electron chi connectivity index (χ0n) is 11.8. The maximum Gasteiger partial charge on any atom is 0.0708 e. The lowest BCUT2D eigenvalue weighted by molar-refractivity contribution is 0.476. The zero-order valence-corrected chi connectivity index (χ0v) is 12.6. The molecule has 0 aliphatic carbocycles. The molecule has 1 saturated heterocycles. The highest BCUT2D eigenvalue weighted by Crippen LogP contribution is 2.19. The molecule has 20 heavy (non-hydrogen) atoms. The maximum atomic E-state index is 11.4. The van der Waals surface area contributed by atoms with Crippen LogP contribution in [0.25, 0.3) is 10.9 Å². The van der Waals surface area contributed by atoms with Crippen LogP contribution in [0, 0.1) is 6.92 Å². The molecule has 106 valence electrons. The van der Waals surface area contributed by atoms with Crippen molar-refractivity contribution in [1.29, 1.82) is 0 Å². The minimum atomic E-state index is -0.585. The fraction of sp³-hybridized carbons (Fsp3) is 0.438. The normalized spacial score (nSPS) is 23.1. The Kier molecular flexibility index (Phi) is 4.13. The lowest BCUT2D eigenvalue weighted by Crippen LogP contribution is -2.35. The van der Waals surface area contributed by atoms with E-state index in [4.69, 9.17) is 0 Å². The van der Waals surface area contributed by atoms with Crippen LogP contribution in [0.3, 0.4) is 0 Å². The van der Waals surface area contributed by atoms with Crippen molar-refractivity contribution in [3.63, 3.8) is 0 Å². The van der Waals surface area contributed by atoms with Gasteiger partial charge in [-0.05, 0) is 37.5 Å². The van der Waals surface area contributed by atoms with Crippen molar-refractivity contribution in [3.05, 3.63) is 41.6 Å². The van der Waals surface area contributed by atoms with E-state index in [0.29, 0.717) is 6.04 Å². The van der Waals surface area contributed by atoms with E-state index in [9.17, 15) is 4.21 Å². The highest BCUT2D eigenvalue weighted by atomic mass is 32.2. The fourth-order valence-corrected chi connectivity index (χ4v) is 4.09. The van der Waals surface area contributed by atoms with Crippen molar-refractivity contribution in [1.82, 2.24) is 10.3 Å². The first-order valence-corrected chi connectivity index (χ1v) is 8.65. The number of nitrogens with one attached hydrogen (secondary N) is 1. The Morgan fingerprint density at radius 2 is 2.05 bits per heavy atom. The molecule has 1 fully saturated rings. The number of pyridine rings is 1. The molecule has 0 spiro atoms. The predicted molar refractivity (Wildman–Crippen MR) is 84.2 cm³/mol. The standard InChI is InChI=1S/C16H20N2OS/c1-12-10-13(15-4-2-3-5-16(15)18-12)11-17-14-6-8-20(19)9-7-14/h2-5,10,14,17H,6-9,11H2,1H3. The first kappa shape index (κ1) is 13.7. The lowest BCUT2D eigenvalue weighted by Gasteiger charge is -2.23. The molecule has 1 aromatic carbocycles. The number of fused-ring (bicyclic) bond motifs is 1. The summed E-state index contributed by atoms with van der Waals surface area (Å²) >= 11 is 0. The van der Waals surface area contributed by atoms with Crippen molar-refractivity contribution in [2.24, 2.45) is 0 Å². The second kappa shape index (κ2) is 6.02. The molecule has 2 aromatic rings. The number of benzene rings is 1. The second-order valence-electron chi connectivity index (χ2n) is 5.44. The SMILES string of the molecule is Cc1cc(CNC2CCS(=O)CC2)c2ccccc2n1. The Hall–Kier alpha value is -1.26. The van der Waals surface area contributed by atoms with Crippen LogP contribution >= 0.6 is 0 Å². The van der Waals surface area contributed by atoms with Gasteiger partial charge in [-0.2, -0.15) is 0 Å². The van der Waals surface area contributed by atoms with Gasteiger partial charge < -0.3 is 5.32 Å². The average molecular weight is 288 g/mol. The molecule has 0 unspecified atom stereocenters. The average Bonchev–Trinajstić information content (AvgIpc) is 2.46. The summed E-state index contributed by atoms with van der Waals surface area (Å²) in [6.45, 7) is 2.90. The minimum Gasteiger partial charge on any atom is -0.310 e. The molecule has 1 aliphatic rings. The van der Waals surface area contributed by atoms with Crippen LogP contribution in [0.1, 0.15) is 24.1 Å². The Bertz CT molecular complexity index is 631. The van der Waals surface area contributed by atoms with Crippen LogP contribution in [0.2, 0.25) is 0 Å². The van der Waals surface area contributed by atoms with E-state index in [1.807, 2.05) is 13.0 Å². The minimum absolute atomic E-state index is 0.500. The number of hydrogen-bond donors (Lipinski definition) is 1. The number of hydrogen-bond acceptors (Lipinski definition) is 3. The van der Waals surface area contributed by atoms with E-state index >= 15 is 0 Å². The highest BCUT2D eigenvalue weighted by Gasteiger charge is 2.17. The number of nitrogens with zero attached hydrogens (tertiary/aromatic N) is 1. The Balaban J connectivity index is 1.75. The number of aromatic nitrogens is 1. The van der Waals surface area contributed by atoms with Crippen molar-refractivity contribution >= 4 is 21.7 Å². The van der Waals surface area contributed by atoms with Gasteiger partial charge in [0.25, 0.3) is 0 Å². The van der Waals surface area contributed by atoms with Gasteiger partial charge in [-0.15, -0.1) is 0 Å². The van der Waals surface area contributed by atoms with Crippen molar-refractivity contribution in [3.8, 4) is 0 Å². The van der Waals surface area contributed by atoms with Crippen LogP contribution in [0.5, 0.6) is 0 Å². The molecule has 0 atom stereocenters. The van der Waals surface area contributed by atoms with E-state index in [-0.39, 0.29) is 0 Å². The first-order valence-electron chi connectivity index (χ1n) is 7.16. The van der Waals surface area contributed by atoms with Gasteiger partial charge in [-0.25, -0.2) is 0 Å². The van der Waals surface area contributed by atoms with E-state index in [1.165, 1.54) is 10.9 Å². The Labute approximate surface area is 122 Å². The molecule has 1 aliphatic heterocycles. The summed E-state index contributed by atoms with van der Waals surface area (Å²) in [7, 11) is -0.585. The second-order valence-corrected chi connectivity index (χ2v) is 7.14. The highest BCUT2D eigenvalue weighted by molar-refractivity contribution is 7.85. The molecule has 0 saturated carbocycles. The molecule has 1 N–H and O–H groups in total. The van der Waals surface area contributed by atoms with Gasteiger partial charge in [0.05, 0.1) is 5.52 Å². The van der Waals surface area contributed by atoms with E-state index in [0.717, 1.165) is 42.1 Å². The molecule has 0 amide bonds. The molecule has 1 aromatic heterocycles. The first-order chi connectivity index (χ1) is 9.72. The topological polar surface area (TPSA) is 42.0 Å². The summed E-state index contributed by atoms with van der Waals surface area (Å²) in [5.74, 6) is 1.68. The Morgan fingerprint density at radius 1 is 1.30 bits per heavy atom. The molecule has 4 heteroatoms. The quantitative estimate of drug-likeness (QED) is 0.944. The van der Waals surface area contributed by atoms with Crippen LogP contribution in [-0.2, 0) is 17.3 Å². The molecule has 3 nitrogen and oxygen atoms in total. The Morgan fingerprint density at radius 3 is 2.85 bits per heavy atom. The van der Waals surface area contributed by atoms with Gasteiger partial charge in [-0.1, -0.05) is 18.2 Å². The predicted octanol–water partition coefficient (Wildman–Crippen LogP) is 2.54. The zero-order chi connectivity index (χ0) is 13.9. The summed E-state index contributed by atoms with van der Waals surface area (Å²) in [4.78, 5) is 4.57. The van der Waals surface area contributed by atoms with Crippen molar-refractivity contribution < 1.29 is 4.21 Å². The summed E-state index contributed by atoms with van der Waals surface area (Å²) < 4.78 is 11.4. The maximum absolute atomic E-state index is 11.4. The molecular weight excluding hydrogens is 268 g/mol. The van der Waals surface area contributed by atoms with Gasteiger partial charge in [0, 0.05) is 46.0 Å². The molecular formula is C16H20N2OS. The van der Waals surface area contributed by atoms with Gasteiger partial charge in [-0.3, -0.25) is 9.19 Å². The van der Waals surface area contributed by atoms with Gasteiger partial charge in [0.1, 0.15) is 0 Å². The number of aryl methyl sites for hydroxylation is 1. The van der Waals surface area contributed by atoms with Gasteiger partial charge in [0.15, 0.2) is 0 Å². The van der Waals surface area contributed by atoms with Crippen molar-refractivity contribution in [2.45, 2.75) is 32.4 Å². The van der Waals surface area contributed by atoms with Gasteiger partial charge in [0.2, 0.25) is 0 Å². The third kappa shape index (κ3) is 3.07. The summed E-state index contributed by atoms with van der Waals surface area (Å²) in [5, 5.41) is 4.84. The van der Waals surface area contributed by atoms with Crippen LogP contribution in [-0.4, -0.2) is 26.7 Å². The summed E-state index contributed by atoms with van der Waals surface area (Å²) in [5.41, 5.74) is 3.43. The van der Waals surface area contributed by atoms with Crippen molar-refractivity contribution in [2.75, 3.05) is 11.5 Å². The van der Waals surface area contributed by atoms with Crippen LogP contribution in [0.15, 0.2) is 30.3 Å². The third-order valence-electron chi connectivity index (χ3n) is 3.90. The fourth-order valence-electron chi connectivity index (χ4n) is 2.79. The van der Waals surface area contributed by atoms with E-state index < -0.39 is 10.8 Å². The smallest absolute Gasteiger partial charge is 0.0708 e. The van der Waals surface area contributed by atoms with Crippen LogP contribution in [0.4, 0.5) is 0 Å². The van der Waals surface area contributed by atoms with E-state index in [1.54, 1.807) is 0 Å². The number of rotatable bonds is 3. The molecule has 0 bridgehead atoms. The van der Waals surface area contributed by atoms with E-state index in [2.05, 4.69) is 34.6 Å². The summed E-state index contributed by atoms with van der Waals surface area (Å²) in [6, 6.07) is 11.0. The molecule has 3 rings (SSSR count). The molecule has 2 heterocycles. The van der Waals surface area contributed by atoms with Crippen LogP contribution < -0.4 is 5.32 Å². The monoisotopic (exact) mass is 288 g/mol. The molecule has 0 radical (unpaired) electrons. The number of para-hydroxylation sites is 1. The van der Waals surface area contributed by atoms with Gasteiger partial charge >= 0.3 is 0 Å². The largest absolute Gasteiger partial charge is 0.310 e.